The fourth-order valence-corrected chi connectivity index (χ4v) is 5.41. The molecule has 0 aliphatic carbocycles. The molecule has 1 aliphatic rings. The van der Waals surface area contributed by atoms with E-state index in [1.54, 1.807) is 50.2 Å². The Morgan fingerprint density at radius 2 is 1.29 bits per heavy atom. The van der Waals surface area contributed by atoms with E-state index >= 15 is 0 Å². The van der Waals surface area contributed by atoms with Crippen LogP contribution in [0.4, 0.5) is 0 Å². The number of esters is 2. The number of benzene rings is 2. The van der Waals surface area contributed by atoms with E-state index in [0.29, 0.717) is 17.0 Å². The number of methoxy groups -OCH3 is 2. The van der Waals surface area contributed by atoms with Gasteiger partial charge in [0.1, 0.15) is 0 Å². The molecule has 34 heavy (non-hydrogen) atoms. The van der Waals surface area contributed by atoms with E-state index in [0.717, 1.165) is 9.98 Å². The highest BCUT2D eigenvalue weighted by molar-refractivity contribution is 7.89. The number of carbonyl (C=O) groups excluding carboxylic acids is 2. The van der Waals surface area contributed by atoms with Crippen LogP contribution in [0.15, 0.2) is 82.0 Å². The summed E-state index contributed by atoms with van der Waals surface area (Å²) < 4.78 is 38.1. The minimum atomic E-state index is -4.03. The number of sulfonamides is 1. The lowest BCUT2D eigenvalue weighted by atomic mass is 9.80. The van der Waals surface area contributed by atoms with Crippen LogP contribution >= 0.6 is 0 Å². The maximum Gasteiger partial charge on any atom is 0.336 e. The first kappa shape index (κ1) is 25.2. The zero-order valence-electron chi connectivity index (χ0n) is 20.0. The predicted molar refractivity (Wildman–Crippen MR) is 127 cm³/mol. The van der Waals surface area contributed by atoms with Crippen molar-refractivity contribution < 1.29 is 27.5 Å². The van der Waals surface area contributed by atoms with E-state index in [1.165, 1.54) is 38.4 Å². The van der Waals surface area contributed by atoms with Gasteiger partial charge in [0.2, 0.25) is 0 Å². The zero-order valence-corrected chi connectivity index (χ0v) is 20.8. The molecule has 0 radical (unpaired) electrons. The van der Waals surface area contributed by atoms with Crippen molar-refractivity contribution >= 4 is 22.0 Å². The lowest BCUT2D eigenvalue weighted by molar-refractivity contribution is -0.137. The van der Waals surface area contributed by atoms with Gasteiger partial charge in [-0.15, -0.1) is 4.41 Å². The van der Waals surface area contributed by atoms with E-state index in [4.69, 9.17) is 9.47 Å². The highest BCUT2D eigenvalue weighted by Crippen LogP contribution is 2.43. The highest BCUT2D eigenvalue weighted by Gasteiger charge is 2.43. The van der Waals surface area contributed by atoms with E-state index in [1.807, 2.05) is 13.0 Å². The first-order chi connectivity index (χ1) is 16.1. The molecule has 1 heterocycles. The molecule has 0 atom stereocenters. The predicted octanol–water partition coefficient (Wildman–Crippen LogP) is 3.52. The Morgan fingerprint density at radius 3 is 1.74 bits per heavy atom. The molecular formula is C25H28N2O6S. The van der Waals surface area contributed by atoms with Crippen LogP contribution in [0.5, 0.6) is 0 Å². The standard InChI is InChI=1S/C25H28N2O6S/c1-16-12-14-20(15-13-16)34(30,31)26(4)27-17(2)21(24(28)32-5)23(19-10-8-7-9-11-19)22(18(27)3)25(29)33-6/h7-15,23H,1-6H3. The molecule has 0 saturated heterocycles. The Kier molecular flexibility index (Phi) is 7.28. The topological polar surface area (TPSA) is 93.2 Å². The summed E-state index contributed by atoms with van der Waals surface area (Å²) in [7, 11) is -0.177. The number of hydrazine groups is 1. The first-order valence-corrected chi connectivity index (χ1v) is 12.0. The summed E-state index contributed by atoms with van der Waals surface area (Å²) in [6.07, 6.45) is 0. The molecule has 1 aliphatic heterocycles. The lowest BCUT2D eigenvalue weighted by Crippen LogP contribution is -2.46. The third kappa shape index (κ3) is 4.36. The molecule has 0 N–H and O–H groups in total. The molecule has 0 aromatic heterocycles. The number of hydrogen-bond donors (Lipinski definition) is 0. The minimum Gasteiger partial charge on any atom is -0.466 e. The van der Waals surface area contributed by atoms with Gasteiger partial charge in [0.15, 0.2) is 0 Å². The summed E-state index contributed by atoms with van der Waals surface area (Å²) in [6, 6.07) is 15.4. The van der Waals surface area contributed by atoms with Gasteiger partial charge >= 0.3 is 11.9 Å². The summed E-state index contributed by atoms with van der Waals surface area (Å²) in [5.41, 5.74) is 2.52. The quantitative estimate of drug-likeness (QED) is 0.579. The van der Waals surface area contributed by atoms with Gasteiger partial charge in [0.05, 0.1) is 36.2 Å². The van der Waals surface area contributed by atoms with Crippen LogP contribution in [0.25, 0.3) is 0 Å². The van der Waals surface area contributed by atoms with Gasteiger partial charge in [-0.2, -0.15) is 0 Å². The second-order valence-electron chi connectivity index (χ2n) is 7.89. The highest BCUT2D eigenvalue weighted by atomic mass is 32.2. The van der Waals surface area contributed by atoms with E-state index in [9.17, 15) is 18.0 Å². The van der Waals surface area contributed by atoms with Gasteiger partial charge in [0.25, 0.3) is 10.0 Å². The van der Waals surface area contributed by atoms with Crippen LogP contribution in [-0.4, -0.2) is 51.0 Å². The zero-order chi connectivity index (χ0) is 25.2. The second kappa shape index (κ2) is 9.82. The molecule has 2 aromatic rings. The van der Waals surface area contributed by atoms with Gasteiger partial charge in [-0.25, -0.2) is 18.0 Å². The van der Waals surface area contributed by atoms with E-state index in [2.05, 4.69) is 0 Å². The lowest BCUT2D eigenvalue weighted by Gasteiger charge is -2.41. The molecule has 3 rings (SSSR count). The maximum atomic E-state index is 13.5. The monoisotopic (exact) mass is 484 g/mol. The normalized spacial score (nSPS) is 15.1. The van der Waals surface area contributed by atoms with Gasteiger partial charge in [-0.05, 0) is 38.5 Å². The molecule has 0 spiro atoms. The molecule has 0 amide bonds. The van der Waals surface area contributed by atoms with Crippen molar-refractivity contribution in [2.75, 3.05) is 21.3 Å². The number of hydrogen-bond acceptors (Lipinski definition) is 7. The number of rotatable bonds is 6. The van der Waals surface area contributed by atoms with Gasteiger partial charge in [0, 0.05) is 18.4 Å². The Morgan fingerprint density at radius 1 is 0.824 bits per heavy atom. The number of ether oxygens (including phenoxy) is 2. The average Bonchev–Trinajstić information content (AvgIpc) is 2.83. The van der Waals surface area contributed by atoms with Gasteiger partial charge in [-0.1, -0.05) is 48.0 Å². The molecule has 8 nitrogen and oxygen atoms in total. The van der Waals surface area contributed by atoms with Crippen molar-refractivity contribution in [1.82, 2.24) is 9.42 Å². The van der Waals surface area contributed by atoms with Crippen LogP contribution in [0.2, 0.25) is 0 Å². The van der Waals surface area contributed by atoms with Gasteiger partial charge in [-0.3, -0.25) is 5.01 Å². The summed E-state index contributed by atoms with van der Waals surface area (Å²) in [5.74, 6) is -2.15. The summed E-state index contributed by atoms with van der Waals surface area (Å²) in [6.45, 7) is 5.11. The van der Waals surface area contributed by atoms with Crippen LogP contribution < -0.4 is 0 Å². The fraction of sp³-hybridized carbons (Fsp3) is 0.280. The number of carbonyl (C=O) groups is 2. The molecule has 0 fully saturated rings. The third-order valence-corrected chi connectivity index (χ3v) is 7.61. The number of nitrogens with zero attached hydrogens (tertiary/aromatic N) is 2. The van der Waals surface area contributed by atoms with Crippen LogP contribution in [-0.2, 0) is 29.1 Å². The molecule has 0 bridgehead atoms. The fourth-order valence-electron chi connectivity index (χ4n) is 4.16. The van der Waals surface area contributed by atoms with Crippen molar-refractivity contribution in [2.45, 2.75) is 31.6 Å². The maximum absolute atomic E-state index is 13.5. The number of allylic oxidation sites excluding steroid dienone is 2. The Balaban J connectivity index is 2.28. The summed E-state index contributed by atoms with van der Waals surface area (Å²) >= 11 is 0. The van der Waals surface area contributed by atoms with Crippen molar-refractivity contribution in [3.8, 4) is 0 Å². The molecule has 0 unspecified atom stereocenters. The van der Waals surface area contributed by atoms with Gasteiger partial charge < -0.3 is 9.47 Å². The van der Waals surface area contributed by atoms with Crippen LogP contribution in [0.1, 0.15) is 30.9 Å². The molecular weight excluding hydrogens is 456 g/mol. The van der Waals surface area contributed by atoms with Crippen LogP contribution in [0, 0.1) is 6.92 Å². The summed E-state index contributed by atoms with van der Waals surface area (Å²) in [4.78, 5) is 26.1. The van der Waals surface area contributed by atoms with E-state index < -0.39 is 27.9 Å². The Hall–Kier alpha value is -3.43. The second-order valence-corrected chi connectivity index (χ2v) is 9.84. The minimum absolute atomic E-state index is 0.0746. The summed E-state index contributed by atoms with van der Waals surface area (Å²) in [5, 5.41) is 1.34. The molecule has 2 aromatic carbocycles. The van der Waals surface area contributed by atoms with Crippen molar-refractivity contribution in [3.63, 3.8) is 0 Å². The van der Waals surface area contributed by atoms with Crippen molar-refractivity contribution in [1.29, 1.82) is 0 Å². The third-order valence-electron chi connectivity index (χ3n) is 5.88. The smallest absolute Gasteiger partial charge is 0.336 e. The average molecular weight is 485 g/mol. The Labute approximate surface area is 200 Å². The molecule has 180 valence electrons. The number of aryl methyl sites for hydroxylation is 1. The molecule has 0 saturated carbocycles. The SMILES string of the molecule is COC(=O)C1=C(C)N(N(C)S(=O)(=O)c2ccc(C)cc2)C(C)=C(C(=O)OC)C1c1ccccc1. The van der Waals surface area contributed by atoms with Crippen molar-refractivity contribution in [2.24, 2.45) is 0 Å². The van der Waals surface area contributed by atoms with E-state index in [-0.39, 0.29) is 16.0 Å². The first-order valence-electron chi connectivity index (χ1n) is 10.5. The molecule has 9 heteroatoms. The Bertz CT molecular complexity index is 1220. The van der Waals surface area contributed by atoms with Crippen molar-refractivity contribution in [3.05, 3.63) is 88.3 Å². The van der Waals surface area contributed by atoms with Crippen LogP contribution in [0.3, 0.4) is 0 Å². The largest absolute Gasteiger partial charge is 0.466 e.